The van der Waals surface area contributed by atoms with Crippen LogP contribution in [-0.2, 0) is 0 Å². The van der Waals surface area contributed by atoms with Crippen LogP contribution in [-0.4, -0.2) is 17.1 Å². The summed E-state index contributed by atoms with van der Waals surface area (Å²) in [5.41, 5.74) is 11.2. The van der Waals surface area contributed by atoms with Crippen molar-refractivity contribution in [3.05, 3.63) is 35.2 Å². The van der Waals surface area contributed by atoms with Crippen molar-refractivity contribution in [1.82, 2.24) is 9.97 Å². The lowest BCUT2D eigenvalue weighted by Gasteiger charge is -2.18. The molecule has 1 heterocycles. The fourth-order valence-electron chi connectivity index (χ4n) is 2.57. The van der Waals surface area contributed by atoms with E-state index in [0.29, 0.717) is 5.82 Å². The Bertz CT molecular complexity index is 636. The van der Waals surface area contributed by atoms with E-state index in [1.807, 2.05) is 6.07 Å². The first-order valence-corrected chi connectivity index (χ1v) is 6.71. The number of nitrogens with zero attached hydrogens (tertiary/aromatic N) is 2. The maximum Gasteiger partial charge on any atom is 0.130 e. The van der Waals surface area contributed by atoms with Crippen molar-refractivity contribution in [2.24, 2.45) is 0 Å². The molecule has 0 fully saturated rings. The molecule has 106 valence electrons. The highest BCUT2D eigenvalue weighted by Gasteiger charge is 2.19. The van der Waals surface area contributed by atoms with Crippen molar-refractivity contribution in [2.75, 3.05) is 12.8 Å². The molecule has 20 heavy (non-hydrogen) atoms. The molecule has 0 radical (unpaired) electrons. The Morgan fingerprint density at radius 3 is 2.45 bits per heavy atom. The lowest BCUT2D eigenvalue weighted by molar-refractivity contribution is 0.415. The second-order valence-electron chi connectivity index (χ2n) is 5.33. The van der Waals surface area contributed by atoms with Crippen LogP contribution in [0.3, 0.4) is 0 Å². The molecule has 1 aromatic heterocycles. The maximum absolute atomic E-state index is 6.04. The van der Waals surface area contributed by atoms with Gasteiger partial charge in [0.2, 0.25) is 0 Å². The number of hydrogen-bond acceptors (Lipinski definition) is 4. The third kappa shape index (κ3) is 2.46. The van der Waals surface area contributed by atoms with Gasteiger partial charge in [-0.15, -0.1) is 0 Å². The van der Waals surface area contributed by atoms with Gasteiger partial charge in [-0.05, 0) is 37.0 Å². The third-order valence-corrected chi connectivity index (χ3v) is 3.39. The van der Waals surface area contributed by atoms with E-state index < -0.39 is 0 Å². The smallest absolute Gasteiger partial charge is 0.130 e. The quantitative estimate of drug-likeness (QED) is 0.928. The van der Waals surface area contributed by atoms with Crippen molar-refractivity contribution >= 4 is 5.82 Å². The minimum atomic E-state index is 0.247. The number of nitrogens with two attached hydrogens (primary N) is 1. The number of benzene rings is 1. The van der Waals surface area contributed by atoms with Crippen molar-refractivity contribution in [1.29, 1.82) is 0 Å². The molecule has 2 rings (SSSR count). The topological polar surface area (TPSA) is 61.0 Å². The summed E-state index contributed by atoms with van der Waals surface area (Å²) < 4.78 is 5.53. The number of aromatic nitrogens is 2. The van der Waals surface area contributed by atoms with Crippen LogP contribution in [0.1, 0.15) is 36.5 Å². The summed E-state index contributed by atoms with van der Waals surface area (Å²) in [6, 6.07) is 4.14. The summed E-state index contributed by atoms with van der Waals surface area (Å²) in [6.45, 7) is 8.30. The Hall–Kier alpha value is -2.10. The molecule has 4 heteroatoms. The van der Waals surface area contributed by atoms with Crippen molar-refractivity contribution in [3.63, 3.8) is 0 Å². The molecule has 0 unspecified atom stereocenters. The lowest BCUT2D eigenvalue weighted by Crippen LogP contribution is -2.05. The van der Waals surface area contributed by atoms with Crippen molar-refractivity contribution in [2.45, 2.75) is 33.6 Å². The third-order valence-electron chi connectivity index (χ3n) is 3.39. The van der Waals surface area contributed by atoms with E-state index in [0.717, 1.165) is 33.7 Å². The number of methoxy groups -OCH3 is 1. The summed E-state index contributed by atoms with van der Waals surface area (Å²) in [5.74, 6) is 1.60. The Kier molecular flexibility index (Phi) is 3.93. The van der Waals surface area contributed by atoms with Crippen LogP contribution < -0.4 is 10.5 Å². The van der Waals surface area contributed by atoms with Gasteiger partial charge in [0.1, 0.15) is 17.9 Å². The highest BCUT2D eigenvalue weighted by molar-refractivity contribution is 5.76. The molecule has 0 aliphatic heterocycles. The minimum Gasteiger partial charge on any atom is -0.496 e. The summed E-state index contributed by atoms with van der Waals surface area (Å²) in [5, 5.41) is 0. The molecule has 0 atom stereocenters. The number of ether oxygens (including phenoxy) is 1. The van der Waals surface area contributed by atoms with Gasteiger partial charge < -0.3 is 10.5 Å². The van der Waals surface area contributed by atoms with Gasteiger partial charge in [-0.3, -0.25) is 0 Å². The van der Waals surface area contributed by atoms with Gasteiger partial charge in [0.05, 0.1) is 12.8 Å². The first-order chi connectivity index (χ1) is 9.45. The van der Waals surface area contributed by atoms with Gasteiger partial charge in [-0.1, -0.05) is 19.9 Å². The van der Waals surface area contributed by atoms with Crippen LogP contribution in [0.15, 0.2) is 18.5 Å². The van der Waals surface area contributed by atoms with E-state index in [2.05, 4.69) is 43.7 Å². The Labute approximate surface area is 120 Å². The fraction of sp³-hybridized carbons (Fsp3) is 0.375. The van der Waals surface area contributed by atoms with Gasteiger partial charge in [-0.25, -0.2) is 9.97 Å². The Balaban J connectivity index is 2.78. The molecule has 0 saturated carbocycles. The second-order valence-corrected chi connectivity index (χ2v) is 5.33. The van der Waals surface area contributed by atoms with Gasteiger partial charge in [0, 0.05) is 11.1 Å². The molecule has 0 amide bonds. The fourth-order valence-corrected chi connectivity index (χ4v) is 2.57. The number of hydrogen-bond donors (Lipinski definition) is 1. The first-order valence-electron chi connectivity index (χ1n) is 6.71. The average molecular weight is 271 g/mol. The molecular weight excluding hydrogens is 250 g/mol. The second kappa shape index (κ2) is 5.49. The summed E-state index contributed by atoms with van der Waals surface area (Å²) in [6.07, 6.45) is 1.51. The van der Waals surface area contributed by atoms with Gasteiger partial charge in [0.15, 0.2) is 0 Å². The molecule has 0 aliphatic carbocycles. The van der Waals surface area contributed by atoms with E-state index in [1.54, 1.807) is 7.11 Å². The molecular formula is C16H21N3O. The molecule has 0 spiro atoms. The van der Waals surface area contributed by atoms with Crippen LogP contribution in [0.2, 0.25) is 0 Å². The van der Waals surface area contributed by atoms with Crippen LogP contribution in [0.4, 0.5) is 5.82 Å². The van der Waals surface area contributed by atoms with Crippen LogP contribution >= 0.6 is 0 Å². The Morgan fingerprint density at radius 1 is 1.15 bits per heavy atom. The van der Waals surface area contributed by atoms with Crippen molar-refractivity contribution < 1.29 is 4.74 Å². The zero-order valence-corrected chi connectivity index (χ0v) is 12.7. The number of aryl methyl sites for hydroxylation is 2. The molecule has 2 N–H and O–H groups in total. The Morgan fingerprint density at radius 2 is 1.85 bits per heavy atom. The SMILES string of the molecule is COc1cc(C)cc(C)c1-c1ncnc(N)c1C(C)C. The predicted molar refractivity (Wildman–Crippen MR) is 82.0 cm³/mol. The number of rotatable bonds is 3. The molecule has 4 nitrogen and oxygen atoms in total. The molecule has 0 saturated heterocycles. The largest absolute Gasteiger partial charge is 0.496 e. The van der Waals surface area contributed by atoms with E-state index in [4.69, 9.17) is 10.5 Å². The summed E-state index contributed by atoms with van der Waals surface area (Å²) in [7, 11) is 1.68. The van der Waals surface area contributed by atoms with E-state index in [9.17, 15) is 0 Å². The van der Waals surface area contributed by atoms with Gasteiger partial charge in [-0.2, -0.15) is 0 Å². The number of anilines is 1. The van der Waals surface area contributed by atoms with Gasteiger partial charge >= 0.3 is 0 Å². The van der Waals surface area contributed by atoms with Crippen LogP contribution in [0.25, 0.3) is 11.3 Å². The van der Waals surface area contributed by atoms with Crippen molar-refractivity contribution in [3.8, 4) is 17.0 Å². The summed E-state index contributed by atoms with van der Waals surface area (Å²) in [4.78, 5) is 8.57. The predicted octanol–water partition coefficient (Wildman–Crippen LogP) is 3.47. The summed E-state index contributed by atoms with van der Waals surface area (Å²) >= 11 is 0. The van der Waals surface area contributed by atoms with Gasteiger partial charge in [0.25, 0.3) is 0 Å². The zero-order chi connectivity index (χ0) is 14.9. The van der Waals surface area contributed by atoms with E-state index in [1.165, 1.54) is 6.33 Å². The molecule has 0 bridgehead atoms. The van der Waals surface area contributed by atoms with E-state index in [-0.39, 0.29) is 5.92 Å². The van der Waals surface area contributed by atoms with Crippen LogP contribution in [0, 0.1) is 13.8 Å². The maximum atomic E-state index is 6.04. The zero-order valence-electron chi connectivity index (χ0n) is 12.7. The minimum absolute atomic E-state index is 0.247. The molecule has 2 aromatic rings. The first kappa shape index (κ1) is 14.3. The monoisotopic (exact) mass is 271 g/mol. The van der Waals surface area contributed by atoms with Crippen LogP contribution in [0.5, 0.6) is 5.75 Å². The standard InChI is InChI=1S/C16H21N3O/c1-9(2)13-15(18-8-19-16(13)17)14-11(4)6-10(3)7-12(14)20-5/h6-9H,1-5H3,(H2,17,18,19). The highest BCUT2D eigenvalue weighted by Crippen LogP contribution is 2.38. The lowest BCUT2D eigenvalue weighted by atomic mass is 9.93. The van der Waals surface area contributed by atoms with E-state index >= 15 is 0 Å². The molecule has 0 aliphatic rings. The number of nitrogen functional groups attached to an aromatic ring is 1. The average Bonchev–Trinajstić information content (AvgIpc) is 2.36. The highest BCUT2D eigenvalue weighted by atomic mass is 16.5. The molecule has 1 aromatic carbocycles. The normalized spacial score (nSPS) is 10.9.